The fourth-order valence-corrected chi connectivity index (χ4v) is 2.59. The number of carbonyl (C=O) groups is 2. The van der Waals surface area contributed by atoms with E-state index in [1.54, 1.807) is 18.7 Å². The molecule has 0 fully saturated rings. The zero-order valence-corrected chi connectivity index (χ0v) is 13.0. The van der Waals surface area contributed by atoms with E-state index < -0.39 is 5.91 Å². The van der Waals surface area contributed by atoms with E-state index in [9.17, 15) is 9.59 Å². The van der Waals surface area contributed by atoms with Crippen LogP contribution in [0.25, 0.3) is 0 Å². The van der Waals surface area contributed by atoms with E-state index in [-0.39, 0.29) is 24.6 Å². The lowest BCUT2D eigenvalue weighted by Crippen LogP contribution is -2.38. The van der Waals surface area contributed by atoms with Crippen molar-refractivity contribution in [2.24, 2.45) is 0 Å². The highest BCUT2D eigenvalue weighted by Gasteiger charge is 2.27. The van der Waals surface area contributed by atoms with Crippen molar-refractivity contribution in [1.29, 1.82) is 0 Å². The van der Waals surface area contributed by atoms with Gasteiger partial charge in [0.1, 0.15) is 11.5 Å². The Morgan fingerprint density at radius 1 is 1.33 bits per heavy atom. The third-order valence-electron chi connectivity index (χ3n) is 3.79. The van der Waals surface area contributed by atoms with Crippen molar-refractivity contribution in [3.05, 3.63) is 53.6 Å². The number of hydrogen-bond acceptors (Lipinski definition) is 5. The number of methoxy groups -OCH3 is 1. The van der Waals surface area contributed by atoms with E-state index >= 15 is 0 Å². The van der Waals surface area contributed by atoms with Crippen LogP contribution in [0.2, 0.25) is 0 Å². The molecule has 1 aliphatic rings. The molecule has 1 aliphatic heterocycles. The summed E-state index contributed by atoms with van der Waals surface area (Å²) in [4.78, 5) is 25.5. The van der Waals surface area contributed by atoms with Crippen LogP contribution in [0.5, 0.6) is 11.5 Å². The van der Waals surface area contributed by atoms with Gasteiger partial charge in [0.25, 0.3) is 11.8 Å². The molecule has 0 aliphatic carbocycles. The van der Waals surface area contributed by atoms with Crippen molar-refractivity contribution >= 4 is 17.5 Å². The van der Waals surface area contributed by atoms with Gasteiger partial charge in [-0.2, -0.15) is 0 Å². The van der Waals surface area contributed by atoms with Gasteiger partial charge >= 0.3 is 0 Å². The minimum absolute atomic E-state index is 0.0757. The average molecular weight is 328 g/mol. The molecule has 0 spiro atoms. The normalized spacial score (nSPS) is 13.1. The van der Waals surface area contributed by atoms with Gasteiger partial charge in [0.15, 0.2) is 6.61 Å². The summed E-state index contributed by atoms with van der Waals surface area (Å²) in [5.41, 5.74) is 3.10. The van der Waals surface area contributed by atoms with E-state index in [0.29, 0.717) is 17.2 Å². The standard InChI is InChI=1S/C17H16N2O5/c1-23-14-5-3-2-4-12(14)9-19-13-8-11(17(21)18-22)6-7-15(13)24-10-16(19)20/h2-8,22H,9-10H2,1H3,(H,18,21). The first-order valence-electron chi connectivity index (χ1n) is 7.27. The van der Waals surface area contributed by atoms with E-state index in [4.69, 9.17) is 14.7 Å². The molecule has 3 rings (SSSR count). The van der Waals surface area contributed by atoms with Crippen LogP contribution in [0, 0.1) is 0 Å². The minimum Gasteiger partial charge on any atom is -0.496 e. The van der Waals surface area contributed by atoms with Crippen LogP contribution in [0.4, 0.5) is 5.69 Å². The quantitative estimate of drug-likeness (QED) is 0.659. The number of rotatable bonds is 4. The zero-order chi connectivity index (χ0) is 17.1. The molecule has 0 saturated carbocycles. The summed E-state index contributed by atoms with van der Waals surface area (Å²) >= 11 is 0. The predicted octanol–water partition coefficient (Wildman–Crippen LogP) is 1.74. The highest BCUT2D eigenvalue weighted by Crippen LogP contribution is 2.35. The molecule has 0 radical (unpaired) electrons. The van der Waals surface area contributed by atoms with Gasteiger partial charge in [0.2, 0.25) is 0 Å². The van der Waals surface area contributed by atoms with E-state index in [1.807, 2.05) is 24.3 Å². The molecule has 124 valence electrons. The minimum atomic E-state index is -0.659. The molecule has 0 unspecified atom stereocenters. The van der Waals surface area contributed by atoms with Crippen LogP contribution in [-0.2, 0) is 11.3 Å². The van der Waals surface area contributed by atoms with Gasteiger partial charge < -0.3 is 14.4 Å². The third kappa shape index (κ3) is 2.89. The Morgan fingerprint density at radius 3 is 2.88 bits per heavy atom. The number of hydrogen-bond donors (Lipinski definition) is 2. The van der Waals surface area contributed by atoms with Crippen LogP contribution in [0.15, 0.2) is 42.5 Å². The largest absolute Gasteiger partial charge is 0.496 e. The smallest absolute Gasteiger partial charge is 0.274 e. The molecule has 0 saturated heterocycles. The summed E-state index contributed by atoms with van der Waals surface area (Å²) < 4.78 is 10.7. The van der Waals surface area contributed by atoms with Gasteiger partial charge in [0.05, 0.1) is 19.3 Å². The maximum absolute atomic E-state index is 12.3. The number of benzene rings is 2. The number of nitrogens with zero attached hydrogens (tertiary/aromatic N) is 1. The molecule has 0 aromatic heterocycles. The molecule has 0 bridgehead atoms. The van der Waals surface area contributed by atoms with Gasteiger partial charge in [0, 0.05) is 11.1 Å². The fourth-order valence-electron chi connectivity index (χ4n) is 2.59. The van der Waals surface area contributed by atoms with Crippen molar-refractivity contribution in [1.82, 2.24) is 5.48 Å². The topological polar surface area (TPSA) is 88.1 Å². The van der Waals surface area contributed by atoms with Crippen LogP contribution in [0.3, 0.4) is 0 Å². The van der Waals surface area contributed by atoms with E-state index in [2.05, 4.69) is 0 Å². The Kier molecular flexibility index (Phi) is 4.35. The monoisotopic (exact) mass is 328 g/mol. The van der Waals surface area contributed by atoms with Gasteiger partial charge in [-0.05, 0) is 24.3 Å². The summed E-state index contributed by atoms with van der Waals surface area (Å²) in [5, 5.41) is 8.79. The van der Waals surface area contributed by atoms with E-state index in [1.165, 1.54) is 17.0 Å². The van der Waals surface area contributed by atoms with Crippen molar-refractivity contribution in [3.63, 3.8) is 0 Å². The first kappa shape index (κ1) is 15.8. The lowest BCUT2D eigenvalue weighted by molar-refractivity contribution is -0.121. The number of hydroxylamine groups is 1. The lowest BCUT2D eigenvalue weighted by Gasteiger charge is -2.30. The van der Waals surface area contributed by atoms with Gasteiger partial charge in [-0.15, -0.1) is 0 Å². The van der Waals surface area contributed by atoms with Gasteiger partial charge in [-0.25, -0.2) is 5.48 Å². The summed E-state index contributed by atoms with van der Waals surface area (Å²) in [6, 6.07) is 12.0. The van der Waals surface area contributed by atoms with Crippen molar-refractivity contribution in [3.8, 4) is 11.5 Å². The first-order chi connectivity index (χ1) is 11.6. The Bertz CT molecular complexity index is 790. The fraction of sp³-hybridized carbons (Fsp3) is 0.176. The molecule has 2 amide bonds. The number of carbonyl (C=O) groups excluding carboxylic acids is 2. The van der Waals surface area contributed by atoms with Crippen LogP contribution >= 0.6 is 0 Å². The summed E-state index contributed by atoms with van der Waals surface area (Å²) in [5.74, 6) is 0.282. The SMILES string of the molecule is COc1ccccc1CN1C(=O)COc2ccc(C(=O)NO)cc21. The molecule has 7 nitrogen and oxygen atoms in total. The van der Waals surface area contributed by atoms with E-state index in [0.717, 1.165) is 5.56 Å². The number of anilines is 1. The molecular formula is C17H16N2O5. The van der Waals surface area contributed by atoms with Crippen LogP contribution in [0.1, 0.15) is 15.9 Å². The second-order valence-electron chi connectivity index (χ2n) is 5.20. The van der Waals surface area contributed by atoms with Crippen molar-refractivity contribution < 1.29 is 24.3 Å². The second-order valence-corrected chi connectivity index (χ2v) is 5.20. The third-order valence-corrected chi connectivity index (χ3v) is 3.79. The highest BCUT2D eigenvalue weighted by atomic mass is 16.5. The van der Waals surface area contributed by atoms with Crippen molar-refractivity contribution in [2.75, 3.05) is 18.6 Å². The molecule has 1 heterocycles. The molecule has 2 aromatic carbocycles. The molecule has 0 atom stereocenters. The number of ether oxygens (including phenoxy) is 2. The molecule has 24 heavy (non-hydrogen) atoms. The maximum Gasteiger partial charge on any atom is 0.274 e. The lowest BCUT2D eigenvalue weighted by atomic mass is 10.1. The predicted molar refractivity (Wildman–Crippen MR) is 85.4 cm³/mol. The maximum atomic E-state index is 12.3. The molecule has 7 heteroatoms. The summed E-state index contributed by atoms with van der Waals surface area (Å²) in [6.45, 7) is 0.205. The van der Waals surface area contributed by atoms with Crippen molar-refractivity contribution in [2.45, 2.75) is 6.54 Å². The second kappa shape index (κ2) is 6.59. The summed E-state index contributed by atoms with van der Waals surface area (Å²) in [7, 11) is 1.57. The van der Waals surface area contributed by atoms with Gasteiger partial charge in [-0.1, -0.05) is 18.2 Å². The Morgan fingerprint density at radius 2 is 2.12 bits per heavy atom. The molecular weight excluding hydrogens is 312 g/mol. The Hall–Kier alpha value is -3.06. The Balaban J connectivity index is 2.00. The Labute approximate surface area is 138 Å². The molecule has 2 aromatic rings. The highest BCUT2D eigenvalue weighted by molar-refractivity contribution is 6.01. The zero-order valence-electron chi connectivity index (χ0n) is 13.0. The van der Waals surface area contributed by atoms with Gasteiger partial charge in [-0.3, -0.25) is 14.8 Å². The number of para-hydroxylation sites is 1. The number of amides is 2. The first-order valence-corrected chi connectivity index (χ1v) is 7.27. The number of fused-ring (bicyclic) bond motifs is 1. The van der Waals surface area contributed by atoms with Crippen LogP contribution < -0.4 is 19.9 Å². The molecule has 2 N–H and O–H groups in total. The number of nitrogens with one attached hydrogen (secondary N) is 1. The average Bonchev–Trinajstić information content (AvgIpc) is 2.63. The summed E-state index contributed by atoms with van der Waals surface area (Å²) in [6.07, 6.45) is 0. The van der Waals surface area contributed by atoms with Crippen LogP contribution in [-0.4, -0.2) is 30.7 Å².